The summed E-state index contributed by atoms with van der Waals surface area (Å²) in [7, 11) is 0. The van der Waals surface area contributed by atoms with E-state index in [1.807, 2.05) is 46.8 Å². The molecule has 2 aliphatic rings. The Morgan fingerprint density at radius 1 is 1.03 bits per heavy atom. The van der Waals surface area contributed by atoms with Gasteiger partial charge in [0, 0.05) is 26.2 Å². The number of aromatic nitrogens is 2. The molecule has 2 amide bonds. The van der Waals surface area contributed by atoms with E-state index in [0.717, 1.165) is 55.6 Å². The molecular formula is C23H33N5O. The van der Waals surface area contributed by atoms with Crippen molar-refractivity contribution in [3.8, 4) is 5.69 Å². The summed E-state index contributed by atoms with van der Waals surface area (Å²) in [5.41, 5.74) is 2.72. The van der Waals surface area contributed by atoms with E-state index in [2.05, 4.69) is 15.3 Å². The average molecular weight is 396 g/mol. The molecule has 6 heteroatoms. The van der Waals surface area contributed by atoms with E-state index in [1.54, 1.807) is 6.20 Å². The lowest BCUT2D eigenvalue weighted by atomic mass is 9.89. The number of carbonyl (C=O) groups is 1. The van der Waals surface area contributed by atoms with Crippen LogP contribution in [-0.4, -0.2) is 58.3 Å². The monoisotopic (exact) mass is 395 g/mol. The fourth-order valence-electron chi connectivity index (χ4n) is 4.65. The van der Waals surface area contributed by atoms with Crippen LogP contribution in [0.4, 0.5) is 10.5 Å². The Morgan fingerprint density at radius 3 is 2.62 bits per heavy atom. The first-order valence-electron chi connectivity index (χ1n) is 11.1. The molecule has 2 aromatic rings. The lowest BCUT2D eigenvalue weighted by Gasteiger charge is -2.28. The van der Waals surface area contributed by atoms with Gasteiger partial charge in [-0.2, -0.15) is 5.10 Å². The summed E-state index contributed by atoms with van der Waals surface area (Å²) in [4.78, 5) is 17.4. The van der Waals surface area contributed by atoms with Gasteiger partial charge in [-0.25, -0.2) is 9.48 Å². The zero-order valence-electron chi connectivity index (χ0n) is 17.5. The summed E-state index contributed by atoms with van der Waals surface area (Å²) in [5, 5.41) is 7.53. The van der Waals surface area contributed by atoms with Crippen LogP contribution in [0.1, 0.15) is 44.2 Å². The number of nitrogens with zero attached hydrogens (tertiary/aromatic N) is 4. The number of nitrogens with one attached hydrogen (secondary N) is 1. The van der Waals surface area contributed by atoms with Crippen LogP contribution in [0.15, 0.2) is 36.5 Å². The van der Waals surface area contributed by atoms with Gasteiger partial charge in [0.15, 0.2) is 0 Å². The van der Waals surface area contributed by atoms with Crippen LogP contribution in [0, 0.1) is 12.8 Å². The van der Waals surface area contributed by atoms with Gasteiger partial charge < -0.3 is 15.1 Å². The molecule has 6 nitrogen and oxygen atoms in total. The van der Waals surface area contributed by atoms with E-state index in [4.69, 9.17) is 0 Å². The summed E-state index contributed by atoms with van der Waals surface area (Å²) in [6, 6.07) is 9.99. The van der Waals surface area contributed by atoms with E-state index in [-0.39, 0.29) is 6.03 Å². The van der Waals surface area contributed by atoms with Gasteiger partial charge in [-0.3, -0.25) is 0 Å². The molecule has 0 radical (unpaired) electrons. The largest absolute Gasteiger partial charge is 0.323 e. The van der Waals surface area contributed by atoms with Crippen molar-refractivity contribution in [3.63, 3.8) is 0 Å². The summed E-state index contributed by atoms with van der Waals surface area (Å²) >= 11 is 0. The number of carbonyl (C=O) groups excluding carboxylic acids is 1. The summed E-state index contributed by atoms with van der Waals surface area (Å²) in [6.45, 7) is 6.89. The van der Waals surface area contributed by atoms with Gasteiger partial charge >= 0.3 is 6.03 Å². The van der Waals surface area contributed by atoms with Gasteiger partial charge in [0.25, 0.3) is 0 Å². The fourth-order valence-corrected chi connectivity index (χ4v) is 4.65. The maximum Gasteiger partial charge on any atom is 0.321 e. The molecule has 1 aromatic carbocycles. The molecule has 1 aromatic heterocycles. The van der Waals surface area contributed by atoms with Gasteiger partial charge in [-0.1, -0.05) is 37.5 Å². The third-order valence-corrected chi connectivity index (χ3v) is 6.37. The highest BCUT2D eigenvalue weighted by atomic mass is 16.2. The van der Waals surface area contributed by atoms with Crippen molar-refractivity contribution < 1.29 is 4.79 Å². The van der Waals surface area contributed by atoms with E-state index < -0.39 is 0 Å². The topological polar surface area (TPSA) is 53.4 Å². The Bertz CT molecular complexity index is 797. The van der Waals surface area contributed by atoms with E-state index in [9.17, 15) is 4.79 Å². The zero-order valence-corrected chi connectivity index (χ0v) is 17.5. The van der Waals surface area contributed by atoms with Gasteiger partial charge in [0.2, 0.25) is 0 Å². The van der Waals surface area contributed by atoms with Crippen LogP contribution in [0.3, 0.4) is 0 Å². The normalized spacial score (nSPS) is 19.1. The van der Waals surface area contributed by atoms with Gasteiger partial charge in [-0.05, 0) is 50.8 Å². The molecule has 0 atom stereocenters. The molecule has 0 spiro atoms. The predicted molar refractivity (Wildman–Crippen MR) is 117 cm³/mol. The first-order valence-corrected chi connectivity index (χ1v) is 11.1. The summed E-state index contributed by atoms with van der Waals surface area (Å²) in [5.74, 6) is 0.857. The van der Waals surface area contributed by atoms with Crippen molar-refractivity contribution in [2.75, 3.05) is 38.0 Å². The number of hydrogen-bond acceptors (Lipinski definition) is 3. The molecule has 1 saturated heterocycles. The van der Waals surface area contributed by atoms with Crippen LogP contribution in [0.5, 0.6) is 0 Å². The number of anilines is 1. The van der Waals surface area contributed by atoms with Gasteiger partial charge in [-0.15, -0.1) is 0 Å². The minimum Gasteiger partial charge on any atom is -0.323 e. The van der Waals surface area contributed by atoms with Crippen LogP contribution < -0.4 is 5.32 Å². The SMILES string of the molecule is Cc1c(NC(=O)N2CCCN(CC3CCCCC3)CC2)cnn1-c1ccccc1. The number of urea groups is 1. The third-order valence-electron chi connectivity index (χ3n) is 6.37. The number of benzene rings is 1. The number of para-hydroxylation sites is 1. The Kier molecular flexibility index (Phi) is 6.49. The highest BCUT2D eigenvalue weighted by Crippen LogP contribution is 2.25. The molecule has 1 aliphatic carbocycles. The molecule has 1 saturated carbocycles. The molecule has 0 bridgehead atoms. The van der Waals surface area contributed by atoms with Crippen molar-refractivity contribution in [3.05, 3.63) is 42.2 Å². The smallest absolute Gasteiger partial charge is 0.321 e. The van der Waals surface area contributed by atoms with Crippen molar-refractivity contribution in [1.29, 1.82) is 0 Å². The second kappa shape index (κ2) is 9.44. The van der Waals surface area contributed by atoms with E-state index in [0.29, 0.717) is 0 Å². The first-order chi connectivity index (χ1) is 14.2. The second-order valence-corrected chi connectivity index (χ2v) is 8.47. The molecule has 4 rings (SSSR count). The van der Waals surface area contributed by atoms with Crippen molar-refractivity contribution in [2.24, 2.45) is 5.92 Å². The molecule has 29 heavy (non-hydrogen) atoms. The maximum atomic E-state index is 12.9. The van der Waals surface area contributed by atoms with Gasteiger partial charge in [0.05, 0.1) is 23.3 Å². The zero-order chi connectivity index (χ0) is 20.1. The first kappa shape index (κ1) is 20.0. The third kappa shape index (κ3) is 4.99. The molecule has 1 aliphatic heterocycles. The lowest BCUT2D eigenvalue weighted by Crippen LogP contribution is -2.39. The Labute approximate surface area is 173 Å². The fraction of sp³-hybridized carbons (Fsp3) is 0.565. The highest BCUT2D eigenvalue weighted by molar-refractivity contribution is 5.89. The highest BCUT2D eigenvalue weighted by Gasteiger charge is 2.23. The predicted octanol–water partition coefficient (Wildman–Crippen LogP) is 4.30. The second-order valence-electron chi connectivity index (χ2n) is 8.47. The maximum absolute atomic E-state index is 12.9. The Morgan fingerprint density at radius 2 is 1.83 bits per heavy atom. The van der Waals surface area contributed by atoms with E-state index in [1.165, 1.54) is 38.6 Å². The molecule has 1 N–H and O–H groups in total. The Balaban J connectivity index is 1.32. The molecule has 2 heterocycles. The minimum atomic E-state index is -0.0137. The van der Waals surface area contributed by atoms with Crippen LogP contribution in [0.25, 0.3) is 5.69 Å². The van der Waals surface area contributed by atoms with Crippen LogP contribution in [-0.2, 0) is 0 Å². The van der Waals surface area contributed by atoms with E-state index >= 15 is 0 Å². The molecule has 156 valence electrons. The van der Waals surface area contributed by atoms with Gasteiger partial charge in [0.1, 0.15) is 0 Å². The number of rotatable bonds is 4. The number of amides is 2. The molecule has 2 fully saturated rings. The number of hydrogen-bond donors (Lipinski definition) is 1. The van der Waals surface area contributed by atoms with Crippen molar-refractivity contribution in [2.45, 2.75) is 45.4 Å². The van der Waals surface area contributed by atoms with Crippen LogP contribution in [0.2, 0.25) is 0 Å². The average Bonchev–Trinajstić information content (AvgIpc) is 2.96. The van der Waals surface area contributed by atoms with Crippen molar-refractivity contribution >= 4 is 11.7 Å². The van der Waals surface area contributed by atoms with Crippen LogP contribution >= 0.6 is 0 Å². The molecular weight excluding hydrogens is 362 g/mol. The standard InChI is InChI=1S/C23H33N5O/c1-19-22(17-24-28(19)21-11-6-3-7-12-21)25-23(29)27-14-8-13-26(15-16-27)18-20-9-4-2-5-10-20/h3,6-7,11-12,17,20H,2,4-5,8-10,13-16,18H2,1H3,(H,25,29). The summed E-state index contributed by atoms with van der Waals surface area (Å²) in [6.07, 6.45) is 9.74. The lowest BCUT2D eigenvalue weighted by molar-refractivity contribution is 0.197. The minimum absolute atomic E-state index is 0.0137. The summed E-state index contributed by atoms with van der Waals surface area (Å²) < 4.78 is 1.87. The van der Waals surface area contributed by atoms with Crippen molar-refractivity contribution in [1.82, 2.24) is 19.6 Å². The Hall–Kier alpha value is -2.34. The molecule has 0 unspecified atom stereocenters. The quantitative estimate of drug-likeness (QED) is 0.840.